The van der Waals surface area contributed by atoms with Crippen LogP contribution < -0.4 is 10.1 Å². The van der Waals surface area contributed by atoms with Gasteiger partial charge in [-0.05, 0) is 30.9 Å². The van der Waals surface area contributed by atoms with Gasteiger partial charge in [-0.1, -0.05) is 32.0 Å². The first kappa shape index (κ1) is 17.3. The average molecular weight is 307 g/mol. The number of aliphatic hydroxyl groups excluding tert-OH is 1. The summed E-state index contributed by atoms with van der Waals surface area (Å²) in [5, 5.41) is 13.7. The van der Waals surface area contributed by atoms with E-state index in [0.717, 1.165) is 18.3 Å². The van der Waals surface area contributed by atoms with Crippen LogP contribution in [0, 0.1) is 5.92 Å². The second kappa shape index (κ2) is 9.13. The second-order valence-corrected chi connectivity index (χ2v) is 6.41. The molecule has 0 spiro atoms. The first-order valence-electron chi connectivity index (χ1n) is 8.36. The van der Waals surface area contributed by atoms with Crippen molar-refractivity contribution in [2.45, 2.75) is 51.4 Å². The van der Waals surface area contributed by atoms with Crippen LogP contribution in [-0.4, -0.2) is 43.1 Å². The molecule has 0 aromatic heterocycles. The monoisotopic (exact) mass is 307 g/mol. The van der Waals surface area contributed by atoms with Crippen LogP contribution in [0.4, 0.5) is 0 Å². The van der Waals surface area contributed by atoms with Gasteiger partial charge in [-0.15, -0.1) is 0 Å². The van der Waals surface area contributed by atoms with E-state index >= 15 is 0 Å². The van der Waals surface area contributed by atoms with Crippen molar-refractivity contribution in [2.75, 3.05) is 19.8 Å². The summed E-state index contributed by atoms with van der Waals surface area (Å²) >= 11 is 0. The van der Waals surface area contributed by atoms with E-state index in [1.165, 1.54) is 12.8 Å². The van der Waals surface area contributed by atoms with Crippen molar-refractivity contribution in [3.05, 3.63) is 30.3 Å². The van der Waals surface area contributed by atoms with Crippen LogP contribution in [0.15, 0.2) is 30.3 Å². The van der Waals surface area contributed by atoms with Gasteiger partial charge in [-0.2, -0.15) is 0 Å². The highest BCUT2D eigenvalue weighted by Gasteiger charge is 2.23. The quantitative estimate of drug-likeness (QED) is 0.617. The number of aliphatic hydroxyl groups is 1. The van der Waals surface area contributed by atoms with Gasteiger partial charge in [0.1, 0.15) is 18.0 Å². The molecule has 4 nitrogen and oxygen atoms in total. The molecule has 2 rings (SSSR count). The van der Waals surface area contributed by atoms with Crippen molar-refractivity contribution < 1.29 is 14.6 Å². The van der Waals surface area contributed by atoms with E-state index in [2.05, 4.69) is 19.2 Å². The van der Waals surface area contributed by atoms with Crippen LogP contribution in [0.25, 0.3) is 0 Å². The van der Waals surface area contributed by atoms with Crippen molar-refractivity contribution in [1.82, 2.24) is 5.32 Å². The van der Waals surface area contributed by atoms with Crippen LogP contribution in [0.1, 0.15) is 33.1 Å². The fourth-order valence-corrected chi connectivity index (χ4v) is 2.23. The Labute approximate surface area is 133 Å². The molecular formula is C18H29NO3. The lowest BCUT2D eigenvalue weighted by Gasteiger charge is -2.25. The van der Waals surface area contributed by atoms with Gasteiger partial charge in [0.25, 0.3) is 0 Å². The molecule has 0 amide bonds. The highest BCUT2D eigenvalue weighted by Crippen LogP contribution is 2.28. The lowest BCUT2D eigenvalue weighted by Crippen LogP contribution is -2.42. The van der Waals surface area contributed by atoms with Crippen molar-refractivity contribution in [1.29, 1.82) is 0 Å². The minimum absolute atomic E-state index is 0.257. The molecule has 0 bridgehead atoms. The molecule has 2 unspecified atom stereocenters. The molecule has 4 heteroatoms. The van der Waals surface area contributed by atoms with E-state index in [9.17, 15) is 5.11 Å². The third-order valence-corrected chi connectivity index (χ3v) is 3.79. The van der Waals surface area contributed by atoms with Gasteiger partial charge in [0, 0.05) is 25.6 Å². The number of rotatable bonds is 11. The zero-order chi connectivity index (χ0) is 15.8. The number of hydrogen-bond donors (Lipinski definition) is 2. The molecule has 1 aliphatic carbocycles. The van der Waals surface area contributed by atoms with Crippen molar-refractivity contribution >= 4 is 0 Å². The zero-order valence-corrected chi connectivity index (χ0v) is 13.7. The topological polar surface area (TPSA) is 50.7 Å². The third-order valence-electron chi connectivity index (χ3n) is 3.79. The molecule has 1 aromatic carbocycles. The Kier molecular flexibility index (Phi) is 7.16. The Balaban J connectivity index is 1.80. The number of benzene rings is 1. The summed E-state index contributed by atoms with van der Waals surface area (Å²) in [6.45, 7) is 6.14. The Morgan fingerprint density at radius 2 is 1.95 bits per heavy atom. The SMILES string of the molecule is CC(C)NCC(O)C(CCOCC1CC1)Oc1ccccc1. The summed E-state index contributed by atoms with van der Waals surface area (Å²) in [5.74, 6) is 1.55. The Morgan fingerprint density at radius 3 is 2.59 bits per heavy atom. The van der Waals surface area contributed by atoms with Gasteiger partial charge in [0.2, 0.25) is 0 Å². The fourth-order valence-electron chi connectivity index (χ4n) is 2.23. The Morgan fingerprint density at radius 1 is 1.23 bits per heavy atom. The highest BCUT2D eigenvalue weighted by atomic mass is 16.5. The predicted molar refractivity (Wildman–Crippen MR) is 88.2 cm³/mol. The van der Waals surface area contributed by atoms with Crippen LogP contribution in [0.2, 0.25) is 0 Å². The molecule has 0 heterocycles. The summed E-state index contributed by atoms with van der Waals surface area (Å²) in [6, 6.07) is 10.0. The Bertz CT molecular complexity index is 406. The molecule has 22 heavy (non-hydrogen) atoms. The molecule has 1 aromatic rings. The van der Waals surface area contributed by atoms with Crippen molar-refractivity contribution in [2.24, 2.45) is 5.92 Å². The summed E-state index contributed by atoms with van der Waals surface area (Å²) < 4.78 is 11.7. The van der Waals surface area contributed by atoms with E-state index in [-0.39, 0.29) is 6.10 Å². The van der Waals surface area contributed by atoms with E-state index in [4.69, 9.17) is 9.47 Å². The molecule has 0 saturated heterocycles. The van der Waals surface area contributed by atoms with E-state index in [1.807, 2.05) is 30.3 Å². The standard InChI is InChI=1S/C18H29NO3/c1-14(2)19-12-17(20)18(10-11-21-13-15-8-9-15)22-16-6-4-3-5-7-16/h3-7,14-15,17-20H,8-13H2,1-2H3. The predicted octanol–water partition coefficient (Wildman–Crippen LogP) is 2.61. The minimum Gasteiger partial charge on any atom is -0.488 e. The number of nitrogens with one attached hydrogen (secondary N) is 1. The molecule has 2 N–H and O–H groups in total. The zero-order valence-electron chi connectivity index (χ0n) is 13.7. The maximum absolute atomic E-state index is 10.4. The van der Waals surface area contributed by atoms with E-state index in [0.29, 0.717) is 25.6 Å². The van der Waals surface area contributed by atoms with Crippen LogP contribution in [-0.2, 0) is 4.74 Å². The fraction of sp³-hybridized carbons (Fsp3) is 0.667. The van der Waals surface area contributed by atoms with Crippen LogP contribution >= 0.6 is 0 Å². The molecule has 2 atom stereocenters. The molecular weight excluding hydrogens is 278 g/mol. The largest absolute Gasteiger partial charge is 0.488 e. The van der Waals surface area contributed by atoms with Gasteiger partial charge >= 0.3 is 0 Å². The normalized spacial score (nSPS) is 17.5. The Hall–Kier alpha value is -1.10. The summed E-state index contributed by atoms with van der Waals surface area (Å²) in [7, 11) is 0. The molecule has 124 valence electrons. The third kappa shape index (κ3) is 6.77. The van der Waals surface area contributed by atoms with Crippen LogP contribution in [0.5, 0.6) is 5.75 Å². The summed E-state index contributed by atoms with van der Waals surface area (Å²) in [6.07, 6.45) is 2.48. The molecule has 0 radical (unpaired) electrons. The number of ether oxygens (including phenoxy) is 2. The van der Waals surface area contributed by atoms with Gasteiger partial charge in [0.05, 0.1) is 6.61 Å². The van der Waals surface area contributed by atoms with Crippen molar-refractivity contribution in [3.63, 3.8) is 0 Å². The smallest absolute Gasteiger partial charge is 0.128 e. The lowest BCUT2D eigenvalue weighted by molar-refractivity contribution is 0.00870. The maximum atomic E-state index is 10.4. The number of para-hydroxylation sites is 1. The highest BCUT2D eigenvalue weighted by molar-refractivity contribution is 5.21. The lowest BCUT2D eigenvalue weighted by atomic mass is 10.1. The van der Waals surface area contributed by atoms with Gasteiger partial charge in [-0.25, -0.2) is 0 Å². The molecule has 1 fully saturated rings. The maximum Gasteiger partial charge on any atom is 0.128 e. The number of hydrogen-bond acceptors (Lipinski definition) is 4. The second-order valence-electron chi connectivity index (χ2n) is 6.41. The first-order chi connectivity index (χ1) is 10.6. The minimum atomic E-state index is -0.549. The first-order valence-corrected chi connectivity index (χ1v) is 8.36. The van der Waals surface area contributed by atoms with E-state index in [1.54, 1.807) is 0 Å². The van der Waals surface area contributed by atoms with Gasteiger partial charge in [0.15, 0.2) is 0 Å². The summed E-state index contributed by atoms with van der Waals surface area (Å²) in [5.41, 5.74) is 0. The molecule has 1 saturated carbocycles. The van der Waals surface area contributed by atoms with Gasteiger partial charge < -0.3 is 19.9 Å². The van der Waals surface area contributed by atoms with Crippen LogP contribution in [0.3, 0.4) is 0 Å². The molecule has 1 aliphatic rings. The van der Waals surface area contributed by atoms with Gasteiger partial charge in [-0.3, -0.25) is 0 Å². The summed E-state index contributed by atoms with van der Waals surface area (Å²) in [4.78, 5) is 0. The average Bonchev–Trinajstić information content (AvgIpc) is 3.33. The molecule has 0 aliphatic heterocycles. The van der Waals surface area contributed by atoms with Crippen molar-refractivity contribution in [3.8, 4) is 5.75 Å². The van der Waals surface area contributed by atoms with E-state index < -0.39 is 6.10 Å².